The van der Waals surface area contributed by atoms with Gasteiger partial charge in [0.1, 0.15) is 0 Å². The minimum atomic E-state index is -0.148. The van der Waals surface area contributed by atoms with E-state index in [1.165, 1.54) is 0 Å². The van der Waals surface area contributed by atoms with E-state index in [1.54, 1.807) is 31.7 Å². The lowest BCUT2D eigenvalue weighted by Gasteiger charge is -2.14. The molecule has 5 heteroatoms. The van der Waals surface area contributed by atoms with Crippen molar-refractivity contribution in [3.8, 4) is 0 Å². The standard InChI is InChI=1S/C14H16N4O/c1-10(12-5-3-4-7-17-12)18-14(19)11-6-8-16-9-13(11)15-2/h3-10,15H,1-2H3,(H,18,19). The number of aromatic nitrogens is 2. The van der Waals surface area contributed by atoms with E-state index in [9.17, 15) is 4.79 Å². The minimum absolute atomic E-state index is 0.147. The van der Waals surface area contributed by atoms with Crippen LogP contribution in [0.25, 0.3) is 0 Å². The first-order valence-corrected chi connectivity index (χ1v) is 6.06. The van der Waals surface area contributed by atoms with Crippen molar-refractivity contribution in [2.75, 3.05) is 12.4 Å². The monoisotopic (exact) mass is 256 g/mol. The molecule has 19 heavy (non-hydrogen) atoms. The maximum atomic E-state index is 12.2. The average Bonchev–Trinajstić information content (AvgIpc) is 2.48. The second-order valence-electron chi connectivity index (χ2n) is 4.12. The van der Waals surface area contributed by atoms with Crippen molar-refractivity contribution < 1.29 is 4.79 Å². The van der Waals surface area contributed by atoms with Crippen molar-refractivity contribution in [2.45, 2.75) is 13.0 Å². The molecule has 2 aromatic rings. The highest BCUT2D eigenvalue weighted by Crippen LogP contribution is 2.15. The third kappa shape index (κ3) is 3.07. The second kappa shape index (κ2) is 5.95. The maximum Gasteiger partial charge on any atom is 0.254 e. The lowest BCUT2D eigenvalue weighted by Crippen LogP contribution is -2.27. The van der Waals surface area contributed by atoms with Crippen molar-refractivity contribution in [3.63, 3.8) is 0 Å². The fourth-order valence-corrected chi connectivity index (χ4v) is 1.77. The fourth-order valence-electron chi connectivity index (χ4n) is 1.77. The Bertz CT molecular complexity index is 556. The summed E-state index contributed by atoms with van der Waals surface area (Å²) in [6, 6.07) is 7.17. The van der Waals surface area contributed by atoms with Gasteiger partial charge in [-0.2, -0.15) is 0 Å². The van der Waals surface area contributed by atoms with Crippen LogP contribution < -0.4 is 10.6 Å². The van der Waals surface area contributed by atoms with Crippen LogP contribution in [0.15, 0.2) is 42.9 Å². The minimum Gasteiger partial charge on any atom is -0.386 e. The van der Waals surface area contributed by atoms with Crippen LogP contribution in [-0.2, 0) is 0 Å². The van der Waals surface area contributed by atoms with Crippen molar-refractivity contribution >= 4 is 11.6 Å². The summed E-state index contributed by atoms with van der Waals surface area (Å²) in [4.78, 5) is 20.4. The summed E-state index contributed by atoms with van der Waals surface area (Å²) in [5.74, 6) is -0.148. The van der Waals surface area contributed by atoms with Gasteiger partial charge in [0.25, 0.3) is 5.91 Å². The number of carbonyl (C=O) groups is 1. The van der Waals surface area contributed by atoms with E-state index in [2.05, 4.69) is 20.6 Å². The SMILES string of the molecule is CNc1cnccc1C(=O)NC(C)c1ccccn1. The first-order valence-electron chi connectivity index (χ1n) is 6.06. The van der Waals surface area contributed by atoms with Crippen molar-refractivity contribution in [1.29, 1.82) is 0 Å². The van der Waals surface area contributed by atoms with E-state index in [1.807, 2.05) is 25.1 Å². The van der Waals surface area contributed by atoms with Gasteiger partial charge in [-0.25, -0.2) is 0 Å². The molecule has 1 unspecified atom stereocenters. The van der Waals surface area contributed by atoms with Crippen molar-refractivity contribution in [1.82, 2.24) is 15.3 Å². The predicted molar refractivity (Wildman–Crippen MR) is 73.9 cm³/mol. The molecule has 0 spiro atoms. The quantitative estimate of drug-likeness (QED) is 0.878. The number of hydrogen-bond donors (Lipinski definition) is 2. The molecule has 2 aromatic heterocycles. The van der Waals surface area contributed by atoms with Crippen LogP contribution in [0.5, 0.6) is 0 Å². The van der Waals surface area contributed by atoms with E-state index < -0.39 is 0 Å². The normalized spacial score (nSPS) is 11.7. The summed E-state index contributed by atoms with van der Waals surface area (Å²) in [6.45, 7) is 1.90. The van der Waals surface area contributed by atoms with E-state index in [0.29, 0.717) is 11.3 Å². The van der Waals surface area contributed by atoms with Crippen LogP contribution in [0.2, 0.25) is 0 Å². The summed E-state index contributed by atoms with van der Waals surface area (Å²) >= 11 is 0. The summed E-state index contributed by atoms with van der Waals surface area (Å²) in [6.07, 6.45) is 4.94. The molecule has 0 aliphatic rings. The third-order valence-corrected chi connectivity index (χ3v) is 2.81. The molecule has 0 bridgehead atoms. The van der Waals surface area contributed by atoms with Gasteiger partial charge in [-0.05, 0) is 25.1 Å². The molecule has 0 radical (unpaired) electrons. The first kappa shape index (κ1) is 13.0. The van der Waals surface area contributed by atoms with Crippen molar-refractivity contribution in [2.24, 2.45) is 0 Å². The van der Waals surface area contributed by atoms with Gasteiger partial charge < -0.3 is 10.6 Å². The van der Waals surface area contributed by atoms with Crippen LogP contribution in [0.3, 0.4) is 0 Å². The molecule has 2 rings (SSSR count). The van der Waals surface area contributed by atoms with Gasteiger partial charge in [-0.1, -0.05) is 6.07 Å². The Labute approximate surface area is 112 Å². The Morgan fingerprint density at radius 1 is 1.26 bits per heavy atom. The Balaban J connectivity index is 2.13. The number of amides is 1. The highest BCUT2D eigenvalue weighted by molar-refractivity contribution is 5.99. The van der Waals surface area contributed by atoms with Gasteiger partial charge >= 0.3 is 0 Å². The zero-order valence-corrected chi connectivity index (χ0v) is 10.9. The van der Waals surface area contributed by atoms with Crippen LogP contribution in [0.1, 0.15) is 29.0 Å². The average molecular weight is 256 g/mol. The van der Waals surface area contributed by atoms with Crippen LogP contribution in [0, 0.1) is 0 Å². The molecule has 2 N–H and O–H groups in total. The number of rotatable bonds is 4. The largest absolute Gasteiger partial charge is 0.386 e. The van der Waals surface area contributed by atoms with E-state index in [-0.39, 0.29) is 11.9 Å². The molecular weight excluding hydrogens is 240 g/mol. The second-order valence-corrected chi connectivity index (χ2v) is 4.12. The van der Waals surface area contributed by atoms with Crippen LogP contribution >= 0.6 is 0 Å². The zero-order chi connectivity index (χ0) is 13.7. The van der Waals surface area contributed by atoms with Gasteiger partial charge in [-0.3, -0.25) is 14.8 Å². The molecule has 0 aliphatic carbocycles. The molecular formula is C14H16N4O. The summed E-state index contributed by atoms with van der Waals surface area (Å²) in [7, 11) is 1.76. The molecule has 5 nitrogen and oxygen atoms in total. The number of nitrogens with zero attached hydrogens (tertiary/aromatic N) is 2. The maximum absolute atomic E-state index is 12.2. The molecule has 98 valence electrons. The van der Waals surface area contributed by atoms with Gasteiger partial charge in [0, 0.05) is 19.4 Å². The Kier molecular flexibility index (Phi) is 4.07. The van der Waals surface area contributed by atoms with Gasteiger partial charge in [0.15, 0.2) is 0 Å². The summed E-state index contributed by atoms with van der Waals surface area (Å²) < 4.78 is 0. The molecule has 0 saturated carbocycles. The Morgan fingerprint density at radius 3 is 2.79 bits per heavy atom. The number of pyridine rings is 2. The predicted octanol–water partition coefficient (Wildman–Crippen LogP) is 2.01. The summed E-state index contributed by atoms with van der Waals surface area (Å²) in [5.41, 5.74) is 2.10. The van der Waals surface area contributed by atoms with Gasteiger partial charge in [0.2, 0.25) is 0 Å². The molecule has 1 amide bonds. The van der Waals surface area contributed by atoms with E-state index >= 15 is 0 Å². The van der Waals surface area contributed by atoms with Crippen LogP contribution in [-0.4, -0.2) is 22.9 Å². The van der Waals surface area contributed by atoms with Gasteiger partial charge in [-0.15, -0.1) is 0 Å². The number of anilines is 1. The fraction of sp³-hybridized carbons (Fsp3) is 0.214. The Hall–Kier alpha value is -2.43. The van der Waals surface area contributed by atoms with E-state index in [4.69, 9.17) is 0 Å². The highest BCUT2D eigenvalue weighted by Gasteiger charge is 2.14. The number of carbonyl (C=O) groups excluding carboxylic acids is 1. The van der Waals surface area contributed by atoms with Gasteiger partial charge in [0.05, 0.1) is 29.2 Å². The van der Waals surface area contributed by atoms with E-state index in [0.717, 1.165) is 5.69 Å². The first-order chi connectivity index (χ1) is 9.22. The molecule has 0 aliphatic heterocycles. The summed E-state index contributed by atoms with van der Waals surface area (Å²) in [5, 5.41) is 5.87. The van der Waals surface area contributed by atoms with Crippen molar-refractivity contribution in [3.05, 3.63) is 54.1 Å². The lowest BCUT2D eigenvalue weighted by molar-refractivity contribution is 0.0940. The molecule has 2 heterocycles. The number of nitrogens with one attached hydrogen (secondary N) is 2. The topological polar surface area (TPSA) is 66.9 Å². The number of hydrogen-bond acceptors (Lipinski definition) is 4. The molecule has 0 aromatic carbocycles. The third-order valence-electron chi connectivity index (χ3n) is 2.81. The Morgan fingerprint density at radius 2 is 2.11 bits per heavy atom. The molecule has 0 fully saturated rings. The lowest BCUT2D eigenvalue weighted by atomic mass is 10.1. The molecule has 0 saturated heterocycles. The smallest absolute Gasteiger partial charge is 0.254 e. The molecule has 1 atom stereocenters. The van der Waals surface area contributed by atoms with Crippen LogP contribution in [0.4, 0.5) is 5.69 Å². The highest BCUT2D eigenvalue weighted by atomic mass is 16.1. The zero-order valence-electron chi connectivity index (χ0n) is 10.9.